The number of urea groups is 1. The lowest BCUT2D eigenvalue weighted by Crippen LogP contribution is -2.43. The molecule has 1 fully saturated rings. The van der Waals surface area contributed by atoms with Gasteiger partial charge in [0.25, 0.3) is 5.91 Å². The minimum atomic E-state index is -0.421. The lowest BCUT2D eigenvalue weighted by Gasteiger charge is -2.31. The van der Waals surface area contributed by atoms with Crippen LogP contribution >= 0.6 is 11.3 Å². The van der Waals surface area contributed by atoms with E-state index in [0.717, 1.165) is 23.4 Å². The van der Waals surface area contributed by atoms with Gasteiger partial charge in [0, 0.05) is 31.2 Å². The van der Waals surface area contributed by atoms with Gasteiger partial charge in [0.05, 0.1) is 0 Å². The Bertz CT molecular complexity index is 1090. The number of nitrogens with one attached hydrogen (secondary N) is 2. The monoisotopic (exact) mass is 453 g/mol. The number of benzene rings is 2. The summed E-state index contributed by atoms with van der Waals surface area (Å²) < 4.78 is 13.3. The smallest absolute Gasteiger partial charge is 0.317 e. The summed E-state index contributed by atoms with van der Waals surface area (Å²) in [5, 5.41) is 14.8. The molecule has 0 bridgehead atoms. The van der Waals surface area contributed by atoms with Crippen LogP contribution in [0, 0.1) is 12.7 Å². The maximum Gasteiger partial charge on any atom is 0.317 e. The molecule has 3 aromatic rings. The molecule has 0 atom stereocenters. The molecule has 0 radical (unpaired) electrons. The molecule has 0 unspecified atom stereocenters. The van der Waals surface area contributed by atoms with Crippen LogP contribution in [-0.2, 0) is 6.54 Å². The number of nitrogens with zero attached hydrogens (tertiary/aromatic N) is 3. The zero-order valence-corrected chi connectivity index (χ0v) is 18.5. The highest BCUT2D eigenvalue weighted by Crippen LogP contribution is 2.30. The Balaban J connectivity index is 1.27. The van der Waals surface area contributed by atoms with Crippen molar-refractivity contribution in [2.75, 3.05) is 18.4 Å². The van der Waals surface area contributed by atoms with Crippen molar-refractivity contribution in [1.82, 2.24) is 20.4 Å². The molecule has 4 rings (SSSR count). The Hall–Kier alpha value is -3.33. The van der Waals surface area contributed by atoms with Gasteiger partial charge < -0.3 is 15.5 Å². The van der Waals surface area contributed by atoms with Gasteiger partial charge in [-0.3, -0.25) is 4.79 Å². The first kappa shape index (κ1) is 21.9. The minimum absolute atomic E-state index is 0.0727. The molecule has 1 saturated heterocycles. The van der Waals surface area contributed by atoms with Gasteiger partial charge in [0.1, 0.15) is 10.8 Å². The fraction of sp³-hybridized carbons (Fsp3) is 0.304. The van der Waals surface area contributed by atoms with Crippen molar-refractivity contribution in [2.45, 2.75) is 32.2 Å². The number of likely N-dealkylation sites (tertiary alicyclic amines) is 1. The third-order valence-electron chi connectivity index (χ3n) is 5.41. The van der Waals surface area contributed by atoms with Crippen LogP contribution in [0.2, 0.25) is 0 Å². The summed E-state index contributed by atoms with van der Waals surface area (Å²) in [5.41, 5.74) is 2.63. The molecule has 1 aromatic heterocycles. The van der Waals surface area contributed by atoms with Gasteiger partial charge in [-0.05, 0) is 43.5 Å². The van der Waals surface area contributed by atoms with Gasteiger partial charge in [0.2, 0.25) is 5.01 Å². The molecule has 3 amide bonds. The number of hydrogen-bond acceptors (Lipinski definition) is 5. The Morgan fingerprint density at radius 3 is 2.59 bits per heavy atom. The molecular formula is C23H24FN5O2S. The number of anilines is 1. The van der Waals surface area contributed by atoms with Crippen LogP contribution in [0.1, 0.15) is 44.7 Å². The fourth-order valence-electron chi connectivity index (χ4n) is 3.57. The quantitative estimate of drug-likeness (QED) is 0.602. The zero-order valence-electron chi connectivity index (χ0n) is 17.7. The first-order chi connectivity index (χ1) is 15.5. The lowest BCUT2D eigenvalue weighted by atomic mass is 9.98. The summed E-state index contributed by atoms with van der Waals surface area (Å²) in [4.78, 5) is 26.7. The van der Waals surface area contributed by atoms with E-state index >= 15 is 0 Å². The van der Waals surface area contributed by atoms with E-state index in [2.05, 4.69) is 20.8 Å². The van der Waals surface area contributed by atoms with Crippen LogP contribution in [0.5, 0.6) is 0 Å². The van der Waals surface area contributed by atoms with E-state index in [0.29, 0.717) is 25.3 Å². The minimum Gasteiger partial charge on any atom is -0.334 e. The largest absolute Gasteiger partial charge is 0.334 e. The highest BCUT2D eigenvalue weighted by Gasteiger charge is 2.27. The first-order valence-electron chi connectivity index (χ1n) is 10.5. The second-order valence-corrected chi connectivity index (χ2v) is 8.82. The number of carbonyl (C=O) groups is 2. The number of aryl methyl sites for hydroxylation is 1. The van der Waals surface area contributed by atoms with Crippen molar-refractivity contribution in [1.29, 1.82) is 0 Å². The summed E-state index contributed by atoms with van der Waals surface area (Å²) in [5.74, 6) is -0.674. The van der Waals surface area contributed by atoms with Crippen molar-refractivity contribution in [3.63, 3.8) is 0 Å². The topological polar surface area (TPSA) is 87.2 Å². The van der Waals surface area contributed by atoms with Gasteiger partial charge in [0.15, 0.2) is 0 Å². The lowest BCUT2D eigenvalue weighted by molar-refractivity contribution is 0.102. The molecule has 0 spiro atoms. The standard InChI is InChI=1S/C23H24FN5O2S/c1-15-5-7-16(8-6-15)14-25-23(31)29-11-9-17(10-12-29)21-27-28-22(32-21)20(30)26-19-4-2-3-18(24)13-19/h2-8,13,17H,9-12,14H2,1H3,(H,25,31)(H,26,30). The Labute approximate surface area is 189 Å². The number of aromatic nitrogens is 2. The van der Waals surface area contributed by atoms with Crippen LogP contribution in [-0.4, -0.2) is 40.1 Å². The Morgan fingerprint density at radius 2 is 1.88 bits per heavy atom. The molecule has 9 heteroatoms. The second kappa shape index (κ2) is 9.86. The van der Waals surface area contributed by atoms with E-state index in [1.54, 1.807) is 6.07 Å². The van der Waals surface area contributed by atoms with Crippen molar-refractivity contribution in [2.24, 2.45) is 0 Å². The molecule has 0 saturated carbocycles. The van der Waals surface area contributed by atoms with Crippen molar-refractivity contribution in [3.05, 3.63) is 75.5 Å². The SMILES string of the molecule is Cc1ccc(CNC(=O)N2CCC(c3nnc(C(=O)Nc4cccc(F)c4)s3)CC2)cc1. The average Bonchev–Trinajstić information content (AvgIpc) is 3.29. The highest BCUT2D eigenvalue weighted by atomic mass is 32.1. The predicted molar refractivity (Wildman–Crippen MR) is 121 cm³/mol. The van der Waals surface area contributed by atoms with Crippen molar-refractivity contribution in [3.8, 4) is 0 Å². The van der Waals surface area contributed by atoms with E-state index in [1.807, 2.05) is 36.1 Å². The van der Waals surface area contributed by atoms with E-state index in [9.17, 15) is 14.0 Å². The van der Waals surface area contributed by atoms with E-state index in [-0.39, 0.29) is 17.0 Å². The van der Waals surface area contributed by atoms with Crippen molar-refractivity contribution >= 4 is 29.0 Å². The molecule has 2 N–H and O–H groups in total. The molecular weight excluding hydrogens is 429 g/mol. The highest BCUT2D eigenvalue weighted by molar-refractivity contribution is 7.13. The third-order valence-corrected chi connectivity index (χ3v) is 6.50. The number of piperidine rings is 1. The van der Waals surface area contributed by atoms with Crippen LogP contribution < -0.4 is 10.6 Å². The van der Waals surface area contributed by atoms with E-state index < -0.39 is 11.7 Å². The molecule has 1 aliphatic rings. The fourth-order valence-corrected chi connectivity index (χ4v) is 4.47. The van der Waals surface area contributed by atoms with Crippen LogP contribution in [0.4, 0.5) is 14.9 Å². The number of amides is 3. The predicted octanol–water partition coefficient (Wildman–Crippen LogP) is 4.33. The summed E-state index contributed by atoms with van der Waals surface area (Å²) >= 11 is 1.24. The Morgan fingerprint density at radius 1 is 1.12 bits per heavy atom. The van der Waals surface area contributed by atoms with Gasteiger partial charge >= 0.3 is 6.03 Å². The molecule has 2 heterocycles. The summed E-state index contributed by atoms with van der Waals surface area (Å²) in [7, 11) is 0. The van der Waals surface area contributed by atoms with Crippen molar-refractivity contribution < 1.29 is 14.0 Å². The van der Waals surface area contributed by atoms with Crippen LogP contribution in [0.3, 0.4) is 0 Å². The van der Waals surface area contributed by atoms with E-state index in [1.165, 1.54) is 35.1 Å². The van der Waals surface area contributed by atoms with Crippen LogP contribution in [0.15, 0.2) is 48.5 Å². The first-order valence-corrected chi connectivity index (χ1v) is 11.3. The number of carbonyl (C=O) groups excluding carboxylic acids is 2. The summed E-state index contributed by atoms with van der Waals surface area (Å²) in [6, 6.07) is 13.7. The van der Waals surface area contributed by atoms with Gasteiger partial charge in [-0.25, -0.2) is 9.18 Å². The molecule has 1 aliphatic heterocycles. The normalized spacial score (nSPS) is 14.2. The number of rotatable bonds is 5. The van der Waals surface area contributed by atoms with Gasteiger partial charge in [-0.15, -0.1) is 10.2 Å². The summed E-state index contributed by atoms with van der Waals surface area (Å²) in [6.07, 6.45) is 1.52. The zero-order chi connectivity index (χ0) is 22.5. The van der Waals surface area contributed by atoms with Gasteiger partial charge in [-0.1, -0.05) is 47.2 Å². The number of halogens is 1. The third kappa shape index (κ3) is 5.47. The molecule has 166 valence electrons. The van der Waals surface area contributed by atoms with Crippen LogP contribution in [0.25, 0.3) is 0 Å². The Kier molecular flexibility index (Phi) is 6.75. The van der Waals surface area contributed by atoms with Gasteiger partial charge in [-0.2, -0.15) is 0 Å². The summed E-state index contributed by atoms with van der Waals surface area (Å²) in [6.45, 7) is 3.77. The number of hydrogen-bond donors (Lipinski definition) is 2. The second-order valence-electron chi connectivity index (χ2n) is 7.82. The average molecular weight is 454 g/mol. The maximum atomic E-state index is 13.3. The molecule has 0 aliphatic carbocycles. The molecule has 32 heavy (non-hydrogen) atoms. The molecule has 7 nitrogen and oxygen atoms in total. The molecule has 2 aromatic carbocycles. The van der Waals surface area contributed by atoms with E-state index in [4.69, 9.17) is 0 Å². The maximum absolute atomic E-state index is 13.3.